The molecule has 14 heavy (non-hydrogen) atoms. The average Bonchev–Trinajstić information content (AvgIpc) is 2.16. The molecule has 4 heteroatoms. The lowest BCUT2D eigenvalue weighted by Gasteiger charge is -2.35. The molecule has 0 N–H and O–H groups in total. The Balaban J connectivity index is 3.12. The van der Waals surface area contributed by atoms with Gasteiger partial charge in [0.05, 0.1) is 5.54 Å². The Labute approximate surface area is 92.7 Å². The van der Waals surface area contributed by atoms with Crippen LogP contribution in [0, 0.1) is 0 Å². The average molecular weight is 206 g/mol. The lowest BCUT2D eigenvalue weighted by molar-refractivity contribution is 0.259. The lowest BCUT2D eigenvalue weighted by Crippen LogP contribution is -2.35. The summed E-state index contributed by atoms with van der Waals surface area (Å²) in [6.45, 7) is 4.26. The fraction of sp³-hybridized carbons (Fsp3) is 0.500. The lowest BCUT2D eigenvalue weighted by atomic mass is 9.87. The van der Waals surface area contributed by atoms with Gasteiger partial charge in [0.15, 0.2) is 0 Å². The van der Waals surface area contributed by atoms with E-state index in [1.165, 1.54) is 0 Å². The predicted octanol–water partition coefficient (Wildman–Crippen LogP) is 1.28. The first-order valence-corrected chi connectivity index (χ1v) is 5.05. The first-order valence-electron chi connectivity index (χ1n) is 4.65. The normalized spacial score (nSPS) is 15.5. The van der Waals surface area contributed by atoms with Crippen LogP contribution < -0.4 is 5.59 Å². The van der Waals surface area contributed by atoms with Gasteiger partial charge in [-0.3, -0.25) is 4.98 Å². The number of hydrogen-bond acceptors (Lipinski definition) is 3. The van der Waals surface area contributed by atoms with E-state index >= 15 is 0 Å². The van der Waals surface area contributed by atoms with E-state index in [4.69, 9.17) is 7.85 Å². The number of aromatic nitrogens is 1. The highest BCUT2D eigenvalue weighted by Crippen LogP contribution is 2.30. The second kappa shape index (κ2) is 4.36. The van der Waals surface area contributed by atoms with Crippen molar-refractivity contribution in [2.75, 3.05) is 7.05 Å². The van der Waals surface area contributed by atoms with Gasteiger partial charge < -0.3 is 0 Å². The smallest absolute Gasteiger partial charge is 0.141 e. The van der Waals surface area contributed by atoms with Gasteiger partial charge in [-0.2, -0.15) is 0 Å². The topological polar surface area (TPSA) is 16.1 Å². The second-order valence-corrected chi connectivity index (χ2v) is 4.22. The zero-order valence-electron chi connectivity index (χ0n) is 8.86. The van der Waals surface area contributed by atoms with Gasteiger partial charge in [-0.25, -0.2) is 4.31 Å². The van der Waals surface area contributed by atoms with Crippen molar-refractivity contribution >= 4 is 26.3 Å². The van der Waals surface area contributed by atoms with E-state index in [0.717, 1.165) is 12.0 Å². The van der Waals surface area contributed by atoms with Crippen LogP contribution in [0.2, 0.25) is 0 Å². The van der Waals surface area contributed by atoms with Gasteiger partial charge in [0.25, 0.3) is 0 Å². The predicted molar refractivity (Wildman–Crippen MR) is 64.0 cm³/mol. The molecule has 0 bridgehead atoms. The van der Waals surface area contributed by atoms with Crippen molar-refractivity contribution in [3.63, 3.8) is 0 Å². The van der Waals surface area contributed by atoms with Crippen molar-refractivity contribution < 1.29 is 0 Å². The van der Waals surface area contributed by atoms with E-state index in [9.17, 15) is 0 Å². The van der Waals surface area contributed by atoms with Gasteiger partial charge in [-0.05, 0) is 43.7 Å². The van der Waals surface area contributed by atoms with Gasteiger partial charge in [0.1, 0.15) is 7.85 Å². The Kier molecular flexibility index (Phi) is 3.62. The van der Waals surface area contributed by atoms with Crippen LogP contribution in [0.25, 0.3) is 0 Å². The van der Waals surface area contributed by atoms with Gasteiger partial charge in [-0.15, -0.1) is 0 Å². The van der Waals surface area contributed by atoms with Crippen LogP contribution in [0.3, 0.4) is 0 Å². The minimum absolute atomic E-state index is 0.0971. The monoisotopic (exact) mass is 206 g/mol. The summed E-state index contributed by atoms with van der Waals surface area (Å²) in [6.07, 6.45) is 2.70. The van der Waals surface area contributed by atoms with Crippen molar-refractivity contribution in [3.8, 4) is 0 Å². The molecule has 74 valence electrons. The van der Waals surface area contributed by atoms with Gasteiger partial charge >= 0.3 is 0 Å². The minimum Gasteiger partial charge on any atom is -0.273 e. The Morgan fingerprint density at radius 2 is 2.29 bits per heavy atom. The molecule has 1 heterocycles. The fourth-order valence-electron chi connectivity index (χ4n) is 1.40. The summed E-state index contributed by atoms with van der Waals surface area (Å²) in [6, 6.07) is 3.88. The molecule has 0 aliphatic heterocycles. The van der Waals surface area contributed by atoms with Crippen molar-refractivity contribution in [1.29, 1.82) is 0 Å². The molecule has 0 saturated heterocycles. The molecule has 0 saturated carbocycles. The zero-order chi connectivity index (χ0) is 10.8. The number of pyridine rings is 1. The number of nitrogens with zero attached hydrogens (tertiary/aromatic N) is 2. The third kappa shape index (κ3) is 2.12. The Bertz CT molecular complexity index is 317. The number of hydrogen-bond donors (Lipinski definition) is 1. The van der Waals surface area contributed by atoms with E-state index in [2.05, 4.69) is 31.6 Å². The highest BCUT2D eigenvalue weighted by atomic mass is 32.1. The van der Waals surface area contributed by atoms with Crippen LogP contribution in [-0.4, -0.2) is 24.2 Å². The number of rotatable bonds is 3. The molecule has 2 radical (unpaired) electrons. The molecule has 1 aromatic rings. The molecular formula is C10H15BN2S. The maximum atomic E-state index is 5.66. The molecule has 2 nitrogen and oxygen atoms in total. The summed E-state index contributed by atoms with van der Waals surface area (Å²) in [5.41, 5.74) is 1.60. The van der Waals surface area contributed by atoms with E-state index < -0.39 is 0 Å². The van der Waals surface area contributed by atoms with Crippen LogP contribution >= 0.6 is 12.8 Å². The molecule has 0 spiro atoms. The van der Waals surface area contributed by atoms with Crippen LogP contribution in [0.4, 0.5) is 0 Å². The quantitative estimate of drug-likeness (QED) is 0.592. The first-order chi connectivity index (χ1) is 6.50. The number of thiol groups is 1. The maximum Gasteiger partial charge on any atom is 0.141 e. The molecule has 1 rings (SSSR count). The summed E-state index contributed by atoms with van der Waals surface area (Å²) in [7, 11) is 7.60. The SMILES string of the molecule is [B]c1cc([C@](C)(CC)N(C)S)ccn1. The largest absolute Gasteiger partial charge is 0.273 e. The summed E-state index contributed by atoms with van der Waals surface area (Å²) in [5.74, 6) is 0. The Hall–Kier alpha value is -0.475. The van der Waals surface area contributed by atoms with Crippen LogP contribution in [-0.2, 0) is 5.54 Å². The molecule has 0 unspecified atom stereocenters. The molecule has 1 atom stereocenters. The summed E-state index contributed by atoms with van der Waals surface area (Å²) >= 11 is 4.38. The molecule has 0 aliphatic rings. The highest BCUT2D eigenvalue weighted by Gasteiger charge is 2.27. The molecule has 0 amide bonds. The molecular weight excluding hydrogens is 191 g/mol. The Morgan fingerprint density at radius 1 is 1.64 bits per heavy atom. The van der Waals surface area contributed by atoms with Gasteiger partial charge in [-0.1, -0.05) is 19.7 Å². The van der Waals surface area contributed by atoms with Crippen LogP contribution in [0.5, 0.6) is 0 Å². The standard InChI is InChI=1S/C10H15BN2S/c1-4-10(2,13(3)14)8-5-6-12-9(11)7-8/h5-7,14H,4H2,1-3H3/t10-/m0/s1. The molecule has 0 fully saturated rings. The summed E-state index contributed by atoms with van der Waals surface area (Å²) in [4.78, 5) is 3.98. The third-order valence-electron chi connectivity index (χ3n) is 2.81. The Morgan fingerprint density at radius 3 is 2.71 bits per heavy atom. The highest BCUT2D eigenvalue weighted by molar-refractivity contribution is 7.77. The summed E-state index contributed by atoms with van der Waals surface area (Å²) in [5, 5.41) is 0. The fourth-order valence-corrected chi connectivity index (χ4v) is 1.66. The van der Waals surface area contributed by atoms with E-state index in [1.54, 1.807) is 6.20 Å². The molecule has 0 aromatic carbocycles. The van der Waals surface area contributed by atoms with Gasteiger partial charge in [0, 0.05) is 6.20 Å². The second-order valence-electron chi connectivity index (χ2n) is 3.62. The summed E-state index contributed by atoms with van der Waals surface area (Å²) < 4.78 is 1.90. The van der Waals surface area contributed by atoms with E-state index in [-0.39, 0.29) is 5.54 Å². The van der Waals surface area contributed by atoms with E-state index in [0.29, 0.717) is 5.59 Å². The zero-order valence-corrected chi connectivity index (χ0v) is 9.75. The van der Waals surface area contributed by atoms with Crippen molar-refractivity contribution in [2.45, 2.75) is 25.8 Å². The minimum atomic E-state index is -0.0971. The third-order valence-corrected chi connectivity index (χ3v) is 3.25. The first kappa shape index (κ1) is 11.6. The van der Waals surface area contributed by atoms with Crippen molar-refractivity contribution in [1.82, 2.24) is 9.29 Å². The van der Waals surface area contributed by atoms with Crippen LogP contribution in [0.1, 0.15) is 25.8 Å². The van der Waals surface area contributed by atoms with Crippen LogP contribution in [0.15, 0.2) is 18.3 Å². The van der Waals surface area contributed by atoms with Crippen molar-refractivity contribution in [2.24, 2.45) is 0 Å². The maximum absolute atomic E-state index is 5.66. The molecule has 1 aromatic heterocycles. The molecule has 0 aliphatic carbocycles. The van der Waals surface area contributed by atoms with Gasteiger partial charge in [0.2, 0.25) is 0 Å². The van der Waals surface area contributed by atoms with Crippen molar-refractivity contribution in [3.05, 3.63) is 23.9 Å². The van der Waals surface area contributed by atoms with E-state index in [1.807, 2.05) is 23.5 Å².